The molecule has 0 aliphatic carbocycles. The second kappa shape index (κ2) is 8.08. The van der Waals surface area contributed by atoms with Crippen LogP contribution in [0.4, 0.5) is 5.69 Å². The van der Waals surface area contributed by atoms with Crippen LogP contribution in [0.25, 0.3) is 0 Å². The van der Waals surface area contributed by atoms with Crippen LogP contribution < -0.4 is 10.1 Å². The number of nitrogens with zero attached hydrogens (tertiary/aromatic N) is 1. The van der Waals surface area contributed by atoms with Crippen LogP contribution in [-0.2, 0) is 11.3 Å². The molecule has 0 spiro atoms. The van der Waals surface area contributed by atoms with E-state index in [1.807, 2.05) is 0 Å². The zero-order valence-corrected chi connectivity index (χ0v) is 10.7. The Bertz CT molecular complexity index is 468. The third kappa shape index (κ3) is 4.95. The van der Waals surface area contributed by atoms with Gasteiger partial charge in [-0.25, -0.2) is 0 Å². The van der Waals surface area contributed by atoms with Crippen LogP contribution in [0.15, 0.2) is 18.2 Å². The van der Waals surface area contributed by atoms with E-state index in [1.165, 1.54) is 6.07 Å². The number of hydrogen-bond donors (Lipinski definition) is 1. The number of methoxy groups -OCH3 is 1. The van der Waals surface area contributed by atoms with Gasteiger partial charge in [-0.15, -0.1) is 6.42 Å². The Morgan fingerprint density at radius 2 is 2.32 bits per heavy atom. The van der Waals surface area contributed by atoms with E-state index in [0.717, 1.165) is 5.56 Å². The van der Waals surface area contributed by atoms with Gasteiger partial charge in [0.2, 0.25) is 0 Å². The Hall–Kier alpha value is -2.10. The Morgan fingerprint density at radius 3 is 2.95 bits per heavy atom. The molecule has 6 heteroatoms. The van der Waals surface area contributed by atoms with Gasteiger partial charge < -0.3 is 14.8 Å². The highest BCUT2D eigenvalue weighted by Gasteiger charge is 2.15. The van der Waals surface area contributed by atoms with Crippen molar-refractivity contribution in [3.05, 3.63) is 33.9 Å². The maximum Gasteiger partial charge on any atom is 0.310 e. The van der Waals surface area contributed by atoms with Crippen LogP contribution in [0.2, 0.25) is 0 Å². The summed E-state index contributed by atoms with van der Waals surface area (Å²) in [6.07, 6.45) is 5.08. The predicted octanol–water partition coefficient (Wildman–Crippen LogP) is 1.34. The average molecular weight is 264 g/mol. The van der Waals surface area contributed by atoms with E-state index in [1.54, 1.807) is 19.2 Å². The van der Waals surface area contributed by atoms with Crippen LogP contribution in [0.1, 0.15) is 5.56 Å². The van der Waals surface area contributed by atoms with Crippen LogP contribution in [0.5, 0.6) is 5.75 Å². The van der Waals surface area contributed by atoms with Crippen LogP contribution in [0, 0.1) is 22.5 Å². The van der Waals surface area contributed by atoms with E-state index in [9.17, 15) is 10.1 Å². The molecule has 0 aliphatic rings. The molecule has 0 bridgehead atoms. The zero-order chi connectivity index (χ0) is 14.1. The molecule has 0 aromatic heterocycles. The maximum absolute atomic E-state index is 10.8. The fourth-order valence-corrected chi connectivity index (χ4v) is 1.46. The molecule has 0 radical (unpaired) electrons. The molecule has 1 aromatic carbocycles. The summed E-state index contributed by atoms with van der Waals surface area (Å²) in [6, 6.07) is 4.72. The van der Waals surface area contributed by atoms with Crippen molar-refractivity contribution in [3.63, 3.8) is 0 Å². The van der Waals surface area contributed by atoms with Crippen LogP contribution in [-0.4, -0.2) is 31.8 Å². The van der Waals surface area contributed by atoms with Gasteiger partial charge in [0, 0.05) is 26.3 Å². The van der Waals surface area contributed by atoms with E-state index in [4.69, 9.17) is 15.9 Å². The van der Waals surface area contributed by atoms with Crippen LogP contribution in [0.3, 0.4) is 0 Å². The monoisotopic (exact) mass is 264 g/mol. The molecule has 102 valence electrons. The van der Waals surface area contributed by atoms with Crippen molar-refractivity contribution in [2.24, 2.45) is 0 Å². The fourth-order valence-electron chi connectivity index (χ4n) is 1.46. The van der Waals surface area contributed by atoms with Crippen molar-refractivity contribution in [3.8, 4) is 18.1 Å². The van der Waals surface area contributed by atoms with Gasteiger partial charge in [0.1, 0.15) is 6.61 Å². The number of nitro groups is 1. The van der Waals surface area contributed by atoms with Crippen molar-refractivity contribution >= 4 is 5.69 Å². The summed E-state index contributed by atoms with van der Waals surface area (Å²) in [4.78, 5) is 10.3. The molecule has 0 aliphatic heterocycles. The molecule has 0 saturated carbocycles. The number of terminal acetylenes is 1. The molecular formula is C13H16N2O4. The summed E-state index contributed by atoms with van der Waals surface area (Å²) in [5.41, 5.74) is 0.796. The fraction of sp³-hybridized carbons (Fsp3) is 0.385. The van der Waals surface area contributed by atoms with Gasteiger partial charge in [-0.3, -0.25) is 10.1 Å². The first-order valence-electron chi connectivity index (χ1n) is 5.72. The number of ether oxygens (including phenoxy) is 2. The quantitative estimate of drug-likeness (QED) is 0.332. The smallest absolute Gasteiger partial charge is 0.310 e. The number of hydrogen-bond acceptors (Lipinski definition) is 5. The van der Waals surface area contributed by atoms with E-state index in [0.29, 0.717) is 19.7 Å². The second-order valence-electron chi connectivity index (χ2n) is 3.72. The minimum absolute atomic E-state index is 0.00139. The minimum Gasteiger partial charge on any atom is -0.474 e. The first-order valence-corrected chi connectivity index (χ1v) is 5.72. The molecule has 0 heterocycles. The van der Waals surface area contributed by atoms with Gasteiger partial charge in [0.05, 0.1) is 11.5 Å². The molecule has 19 heavy (non-hydrogen) atoms. The number of rotatable bonds is 8. The van der Waals surface area contributed by atoms with Crippen molar-refractivity contribution in [2.45, 2.75) is 6.54 Å². The van der Waals surface area contributed by atoms with Gasteiger partial charge in [-0.2, -0.15) is 0 Å². The maximum atomic E-state index is 10.8. The third-order valence-corrected chi connectivity index (χ3v) is 2.34. The first kappa shape index (κ1) is 15.0. The minimum atomic E-state index is -0.492. The van der Waals surface area contributed by atoms with Gasteiger partial charge >= 0.3 is 5.69 Å². The summed E-state index contributed by atoms with van der Waals surface area (Å²) in [5, 5.41) is 14.0. The molecule has 0 fully saturated rings. The Morgan fingerprint density at radius 1 is 1.53 bits per heavy atom. The Labute approximate surface area is 111 Å². The summed E-state index contributed by atoms with van der Waals surface area (Å²) in [7, 11) is 1.62. The highest BCUT2D eigenvalue weighted by atomic mass is 16.6. The van der Waals surface area contributed by atoms with E-state index in [2.05, 4.69) is 11.2 Å². The number of nitrogens with one attached hydrogen (secondary N) is 1. The molecule has 1 rings (SSSR count). The molecule has 0 saturated heterocycles. The molecule has 0 atom stereocenters. The summed E-state index contributed by atoms with van der Waals surface area (Å²) >= 11 is 0. The summed E-state index contributed by atoms with van der Waals surface area (Å²) in [5.74, 6) is 2.47. The lowest BCUT2D eigenvalue weighted by atomic mass is 10.2. The molecule has 0 amide bonds. The lowest BCUT2D eigenvalue weighted by Crippen LogP contribution is -2.18. The standard InChI is InChI=1S/C13H16N2O4/c1-3-7-19-13-9-11(10-14-6-8-18-2)4-5-12(13)15(16)17/h1,4-5,9,14H,6-8,10H2,2H3. The van der Waals surface area contributed by atoms with Crippen molar-refractivity contribution in [1.82, 2.24) is 5.32 Å². The first-order chi connectivity index (χ1) is 9.19. The lowest BCUT2D eigenvalue weighted by Gasteiger charge is -2.07. The second-order valence-corrected chi connectivity index (χ2v) is 3.72. The van der Waals surface area contributed by atoms with Gasteiger partial charge in [0.25, 0.3) is 0 Å². The molecule has 6 nitrogen and oxygen atoms in total. The topological polar surface area (TPSA) is 73.6 Å². The van der Waals surface area contributed by atoms with Crippen molar-refractivity contribution in [1.29, 1.82) is 0 Å². The van der Waals surface area contributed by atoms with Crippen molar-refractivity contribution in [2.75, 3.05) is 26.9 Å². The van der Waals surface area contributed by atoms with Crippen molar-refractivity contribution < 1.29 is 14.4 Å². The summed E-state index contributed by atoms with van der Waals surface area (Å²) < 4.78 is 10.1. The largest absolute Gasteiger partial charge is 0.474 e. The Kier molecular flexibility index (Phi) is 6.36. The van der Waals surface area contributed by atoms with Gasteiger partial charge in [-0.1, -0.05) is 12.0 Å². The predicted molar refractivity (Wildman–Crippen MR) is 71.0 cm³/mol. The third-order valence-electron chi connectivity index (χ3n) is 2.34. The SMILES string of the molecule is C#CCOc1cc(CNCCOC)ccc1[N+](=O)[O-]. The number of nitro benzene ring substituents is 1. The normalized spacial score (nSPS) is 9.89. The number of benzene rings is 1. The van der Waals surface area contributed by atoms with E-state index in [-0.39, 0.29) is 18.0 Å². The zero-order valence-electron chi connectivity index (χ0n) is 10.7. The molecule has 1 aromatic rings. The van der Waals surface area contributed by atoms with Crippen LogP contribution >= 0.6 is 0 Å². The van der Waals surface area contributed by atoms with Gasteiger partial charge in [0.15, 0.2) is 5.75 Å². The van der Waals surface area contributed by atoms with Gasteiger partial charge in [-0.05, 0) is 11.6 Å². The molecular weight excluding hydrogens is 248 g/mol. The molecule has 0 unspecified atom stereocenters. The average Bonchev–Trinajstić information content (AvgIpc) is 2.41. The molecule has 1 N–H and O–H groups in total. The Balaban J connectivity index is 2.74. The van der Waals surface area contributed by atoms with E-state index >= 15 is 0 Å². The van der Waals surface area contributed by atoms with E-state index < -0.39 is 4.92 Å². The summed E-state index contributed by atoms with van der Waals surface area (Å²) in [6.45, 7) is 1.89. The highest BCUT2D eigenvalue weighted by molar-refractivity contribution is 5.48. The highest BCUT2D eigenvalue weighted by Crippen LogP contribution is 2.27. The lowest BCUT2D eigenvalue weighted by molar-refractivity contribution is -0.385.